The molecule has 21 heavy (non-hydrogen) atoms. The summed E-state index contributed by atoms with van der Waals surface area (Å²) in [7, 11) is -3.86. The number of nitrogen functional groups attached to an aromatic ring is 1. The minimum atomic E-state index is -3.86. The van der Waals surface area contributed by atoms with Gasteiger partial charge in [-0.2, -0.15) is 0 Å². The van der Waals surface area contributed by atoms with Crippen molar-refractivity contribution in [1.82, 2.24) is 9.97 Å². The minimum Gasteiger partial charge on any atom is -0.399 e. The first-order valence-electron chi connectivity index (χ1n) is 6.10. The lowest BCUT2D eigenvalue weighted by Crippen LogP contribution is -2.13. The topological polar surface area (TPSA) is 112 Å². The standard InChI is InChI=1S/C13H16N4O2S2/c1-7-8(2)16-13(17-9(7)3)20-11-5-4-10(14)6-12(11)21(15,18)19/h4-6H,14H2,1-3H3,(H2,15,18,19). The molecule has 0 fully saturated rings. The van der Waals surface area contributed by atoms with E-state index in [0.717, 1.165) is 28.7 Å². The lowest BCUT2D eigenvalue weighted by molar-refractivity contribution is 0.596. The van der Waals surface area contributed by atoms with Gasteiger partial charge in [0.05, 0.1) is 4.90 Å². The summed E-state index contributed by atoms with van der Waals surface area (Å²) in [6, 6.07) is 4.56. The van der Waals surface area contributed by atoms with E-state index in [0.29, 0.717) is 15.7 Å². The summed E-state index contributed by atoms with van der Waals surface area (Å²) >= 11 is 1.15. The Balaban J connectivity index is 2.50. The van der Waals surface area contributed by atoms with Gasteiger partial charge in [0.15, 0.2) is 5.16 Å². The molecule has 0 unspecified atom stereocenters. The van der Waals surface area contributed by atoms with Crippen LogP contribution in [0.1, 0.15) is 17.0 Å². The lowest BCUT2D eigenvalue weighted by atomic mass is 10.2. The predicted molar refractivity (Wildman–Crippen MR) is 82.6 cm³/mol. The van der Waals surface area contributed by atoms with E-state index in [9.17, 15) is 8.42 Å². The van der Waals surface area contributed by atoms with Gasteiger partial charge in [-0.15, -0.1) is 0 Å². The zero-order valence-electron chi connectivity index (χ0n) is 11.9. The fraction of sp³-hybridized carbons (Fsp3) is 0.231. The van der Waals surface area contributed by atoms with Crippen LogP contribution in [0.4, 0.5) is 5.69 Å². The first kappa shape index (κ1) is 15.7. The minimum absolute atomic E-state index is 0.0213. The zero-order valence-corrected chi connectivity index (χ0v) is 13.5. The van der Waals surface area contributed by atoms with Crippen molar-refractivity contribution in [3.8, 4) is 0 Å². The van der Waals surface area contributed by atoms with Gasteiger partial charge in [-0.05, 0) is 56.3 Å². The van der Waals surface area contributed by atoms with E-state index in [1.807, 2.05) is 20.8 Å². The van der Waals surface area contributed by atoms with Crippen molar-refractivity contribution in [3.05, 3.63) is 35.2 Å². The van der Waals surface area contributed by atoms with Crippen LogP contribution in [-0.2, 0) is 10.0 Å². The molecule has 0 spiro atoms. The molecule has 0 aliphatic heterocycles. The highest BCUT2D eigenvalue weighted by molar-refractivity contribution is 8.00. The number of rotatable bonds is 3. The second-order valence-corrected chi connectivity index (χ2v) is 7.19. The molecule has 1 aromatic heterocycles. The molecule has 0 bridgehead atoms. The third kappa shape index (κ3) is 3.52. The molecule has 0 amide bonds. The molecule has 1 heterocycles. The van der Waals surface area contributed by atoms with Crippen molar-refractivity contribution >= 4 is 27.5 Å². The molecule has 0 aliphatic carbocycles. The number of hydrogen-bond acceptors (Lipinski definition) is 6. The molecule has 0 aliphatic rings. The second kappa shape index (κ2) is 5.63. The number of aromatic nitrogens is 2. The van der Waals surface area contributed by atoms with Gasteiger partial charge < -0.3 is 5.73 Å². The number of nitrogens with zero attached hydrogens (tertiary/aromatic N) is 2. The van der Waals surface area contributed by atoms with Gasteiger partial charge in [-0.3, -0.25) is 0 Å². The fourth-order valence-electron chi connectivity index (χ4n) is 1.72. The van der Waals surface area contributed by atoms with Crippen LogP contribution in [0.3, 0.4) is 0 Å². The molecule has 2 aromatic rings. The Morgan fingerprint density at radius 2 is 1.67 bits per heavy atom. The molecule has 0 atom stereocenters. The Morgan fingerprint density at radius 1 is 1.10 bits per heavy atom. The fourth-order valence-corrected chi connectivity index (χ4v) is 3.70. The molecule has 6 nitrogen and oxygen atoms in total. The number of benzene rings is 1. The van der Waals surface area contributed by atoms with E-state index in [1.165, 1.54) is 6.07 Å². The molecule has 2 rings (SSSR count). The Labute approximate surface area is 128 Å². The number of primary sulfonamides is 1. The van der Waals surface area contributed by atoms with E-state index in [-0.39, 0.29) is 4.90 Å². The number of nitrogens with two attached hydrogens (primary N) is 2. The van der Waals surface area contributed by atoms with Crippen molar-refractivity contribution in [2.45, 2.75) is 35.7 Å². The van der Waals surface area contributed by atoms with Crippen LogP contribution in [0.5, 0.6) is 0 Å². The maximum absolute atomic E-state index is 11.7. The van der Waals surface area contributed by atoms with Crippen molar-refractivity contribution in [3.63, 3.8) is 0 Å². The van der Waals surface area contributed by atoms with Crippen molar-refractivity contribution < 1.29 is 8.42 Å². The maximum atomic E-state index is 11.7. The highest BCUT2D eigenvalue weighted by atomic mass is 32.2. The van der Waals surface area contributed by atoms with E-state index in [1.54, 1.807) is 12.1 Å². The van der Waals surface area contributed by atoms with Gasteiger partial charge in [-0.1, -0.05) is 0 Å². The third-order valence-electron chi connectivity index (χ3n) is 3.09. The first-order chi connectivity index (χ1) is 9.68. The number of anilines is 1. The van der Waals surface area contributed by atoms with Crippen molar-refractivity contribution in [1.29, 1.82) is 0 Å². The Kier molecular flexibility index (Phi) is 4.22. The third-order valence-corrected chi connectivity index (χ3v) is 5.11. The highest BCUT2D eigenvalue weighted by Gasteiger charge is 2.17. The van der Waals surface area contributed by atoms with Gasteiger partial charge in [0.1, 0.15) is 0 Å². The number of aryl methyl sites for hydroxylation is 2. The molecule has 112 valence electrons. The van der Waals surface area contributed by atoms with E-state index < -0.39 is 10.0 Å². The summed E-state index contributed by atoms with van der Waals surface area (Å²) in [6.07, 6.45) is 0. The van der Waals surface area contributed by atoms with Gasteiger partial charge in [-0.25, -0.2) is 23.5 Å². The smallest absolute Gasteiger partial charge is 0.239 e. The number of hydrogen-bond donors (Lipinski definition) is 2. The van der Waals surface area contributed by atoms with Gasteiger partial charge in [0.2, 0.25) is 10.0 Å². The van der Waals surface area contributed by atoms with Gasteiger partial charge in [0, 0.05) is 22.0 Å². The molecule has 0 saturated carbocycles. The van der Waals surface area contributed by atoms with Gasteiger partial charge >= 0.3 is 0 Å². The Hall–Kier alpha value is -1.64. The summed E-state index contributed by atoms with van der Waals surface area (Å²) in [5.74, 6) is 0. The molecule has 0 radical (unpaired) electrons. The van der Waals surface area contributed by atoms with Crippen molar-refractivity contribution in [2.75, 3.05) is 5.73 Å². The Morgan fingerprint density at radius 3 is 2.19 bits per heavy atom. The van der Waals surface area contributed by atoms with Crippen LogP contribution in [0.25, 0.3) is 0 Å². The van der Waals surface area contributed by atoms with E-state index >= 15 is 0 Å². The lowest BCUT2D eigenvalue weighted by Gasteiger charge is -2.10. The van der Waals surface area contributed by atoms with Crippen LogP contribution < -0.4 is 10.9 Å². The largest absolute Gasteiger partial charge is 0.399 e. The molecular formula is C13H16N4O2S2. The second-order valence-electron chi connectivity index (χ2n) is 4.66. The van der Waals surface area contributed by atoms with Crippen LogP contribution in [-0.4, -0.2) is 18.4 Å². The quantitative estimate of drug-likeness (QED) is 0.657. The molecule has 0 saturated heterocycles. The van der Waals surface area contributed by atoms with Crippen LogP contribution in [0, 0.1) is 20.8 Å². The maximum Gasteiger partial charge on any atom is 0.239 e. The highest BCUT2D eigenvalue weighted by Crippen LogP contribution is 2.32. The zero-order chi connectivity index (χ0) is 15.8. The molecular weight excluding hydrogens is 308 g/mol. The average Bonchev–Trinajstić information content (AvgIpc) is 2.37. The first-order valence-corrected chi connectivity index (χ1v) is 8.47. The molecule has 1 aromatic carbocycles. The summed E-state index contributed by atoms with van der Waals surface area (Å²) < 4.78 is 23.3. The summed E-state index contributed by atoms with van der Waals surface area (Å²) in [5.41, 5.74) is 8.69. The summed E-state index contributed by atoms with van der Waals surface area (Å²) in [4.78, 5) is 9.15. The Bertz CT molecular complexity index is 781. The average molecular weight is 324 g/mol. The normalized spacial score (nSPS) is 11.6. The summed E-state index contributed by atoms with van der Waals surface area (Å²) in [6.45, 7) is 5.72. The SMILES string of the molecule is Cc1nc(Sc2ccc(N)cc2S(N)(=O)=O)nc(C)c1C. The van der Waals surface area contributed by atoms with Crippen molar-refractivity contribution in [2.24, 2.45) is 5.14 Å². The van der Waals surface area contributed by atoms with Gasteiger partial charge in [0.25, 0.3) is 0 Å². The summed E-state index contributed by atoms with van der Waals surface area (Å²) in [5, 5.41) is 5.70. The van der Waals surface area contributed by atoms with Crippen LogP contribution >= 0.6 is 11.8 Å². The molecule has 8 heteroatoms. The van der Waals surface area contributed by atoms with E-state index in [4.69, 9.17) is 10.9 Å². The van der Waals surface area contributed by atoms with Crippen LogP contribution in [0.2, 0.25) is 0 Å². The van der Waals surface area contributed by atoms with Crippen LogP contribution in [0.15, 0.2) is 33.1 Å². The predicted octanol–water partition coefficient (Wildman–Crippen LogP) is 1.78. The van der Waals surface area contributed by atoms with E-state index in [2.05, 4.69) is 9.97 Å². The number of sulfonamides is 1. The monoisotopic (exact) mass is 324 g/mol. The molecule has 4 N–H and O–H groups in total.